The van der Waals surface area contributed by atoms with Crippen molar-refractivity contribution in [1.82, 2.24) is 0 Å². The lowest BCUT2D eigenvalue weighted by atomic mass is 10.1. The second-order valence-corrected chi connectivity index (χ2v) is 7.51. The van der Waals surface area contributed by atoms with Crippen LogP contribution in [0.15, 0.2) is 45.8 Å². The lowest BCUT2D eigenvalue weighted by molar-refractivity contribution is -0.113. The van der Waals surface area contributed by atoms with Crippen molar-refractivity contribution in [1.29, 1.82) is 0 Å². The summed E-state index contributed by atoms with van der Waals surface area (Å²) >= 11 is 10.2. The smallest absolute Gasteiger partial charge is 0.298 e. The molecule has 0 aliphatic carbocycles. The first-order valence-corrected chi connectivity index (χ1v) is 9.38. The molecule has 1 saturated heterocycles. The maximum Gasteiger partial charge on any atom is 0.298 e. The molecule has 0 atom stereocenters. The molecule has 0 N–H and O–H groups in total. The molecule has 2 aromatic rings. The molecule has 3 rings (SSSR count). The van der Waals surface area contributed by atoms with Crippen LogP contribution in [-0.2, 0) is 4.79 Å². The van der Waals surface area contributed by atoms with Gasteiger partial charge in [-0.3, -0.25) is 9.59 Å². The summed E-state index contributed by atoms with van der Waals surface area (Å²) < 4.78 is 11.3. The number of carbonyl (C=O) groups excluding carboxylic acids is 2. The van der Waals surface area contributed by atoms with Gasteiger partial charge in [0.1, 0.15) is 11.5 Å². The number of nitrogens with zero attached hydrogens (tertiary/aromatic N) is 1. The van der Waals surface area contributed by atoms with Crippen molar-refractivity contribution in [3.8, 4) is 11.5 Å². The van der Waals surface area contributed by atoms with Crippen molar-refractivity contribution in [2.75, 3.05) is 19.1 Å². The van der Waals surface area contributed by atoms with Crippen LogP contribution in [0.25, 0.3) is 6.08 Å². The third-order valence-electron chi connectivity index (χ3n) is 3.67. The molecule has 1 aliphatic rings. The molecule has 0 unspecified atom stereocenters. The van der Waals surface area contributed by atoms with Crippen molar-refractivity contribution >= 4 is 62.2 Å². The minimum Gasteiger partial charge on any atom is -0.496 e. The Labute approximate surface area is 168 Å². The Bertz CT molecular complexity index is 914. The number of imide groups is 1. The first-order valence-electron chi connectivity index (χ1n) is 7.39. The predicted molar refractivity (Wildman–Crippen MR) is 107 cm³/mol. The standard InChI is InChI=1S/C18H13BrClNO4S/c1-24-14-9-15(25-2)13(19)7-10(14)8-16-17(22)21(18(23)26-16)12-5-3-11(20)4-6-12/h3-9H,1-2H3/b16-8-. The average Bonchev–Trinajstić information content (AvgIpc) is 2.90. The van der Waals surface area contributed by atoms with E-state index in [1.54, 1.807) is 49.6 Å². The van der Waals surface area contributed by atoms with Gasteiger partial charge in [0.05, 0.1) is 29.3 Å². The van der Waals surface area contributed by atoms with Crippen LogP contribution in [0.5, 0.6) is 11.5 Å². The van der Waals surface area contributed by atoms with Gasteiger partial charge in [-0.05, 0) is 64.1 Å². The van der Waals surface area contributed by atoms with Crippen LogP contribution in [0.1, 0.15) is 5.56 Å². The van der Waals surface area contributed by atoms with Gasteiger partial charge in [-0.2, -0.15) is 0 Å². The number of methoxy groups -OCH3 is 2. The van der Waals surface area contributed by atoms with Crippen LogP contribution in [0, 0.1) is 0 Å². The zero-order valence-corrected chi connectivity index (χ0v) is 16.9. The van der Waals surface area contributed by atoms with Gasteiger partial charge in [0.15, 0.2) is 0 Å². The number of amides is 2. The predicted octanol–water partition coefficient (Wildman–Crippen LogP) is 5.36. The van der Waals surface area contributed by atoms with E-state index >= 15 is 0 Å². The summed E-state index contributed by atoms with van der Waals surface area (Å²) in [6.45, 7) is 0. The minimum atomic E-state index is -0.392. The van der Waals surface area contributed by atoms with E-state index in [-0.39, 0.29) is 5.24 Å². The highest BCUT2D eigenvalue weighted by molar-refractivity contribution is 9.10. The van der Waals surface area contributed by atoms with Gasteiger partial charge in [-0.25, -0.2) is 4.90 Å². The molecular weight excluding hydrogens is 442 g/mol. The number of hydrogen-bond donors (Lipinski definition) is 0. The maximum absolute atomic E-state index is 12.7. The third kappa shape index (κ3) is 3.60. The first-order chi connectivity index (χ1) is 12.4. The van der Waals surface area contributed by atoms with E-state index < -0.39 is 5.91 Å². The fourth-order valence-corrected chi connectivity index (χ4v) is 3.90. The molecule has 26 heavy (non-hydrogen) atoms. The van der Waals surface area contributed by atoms with Gasteiger partial charge in [-0.1, -0.05) is 11.6 Å². The summed E-state index contributed by atoms with van der Waals surface area (Å²) in [6.07, 6.45) is 1.63. The Morgan fingerprint density at radius 1 is 1.08 bits per heavy atom. The maximum atomic E-state index is 12.7. The van der Waals surface area contributed by atoms with Gasteiger partial charge in [0, 0.05) is 16.7 Å². The van der Waals surface area contributed by atoms with Gasteiger partial charge in [0.2, 0.25) is 0 Å². The zero-order valence-electron chi connectivity index (χ0n) is 13.8. The number of ether oxygens (including phenoxy) is 2. The fraction of sp³-hybridized carbons (Fsp3) is 0.111. The fourth-order valence-electron chi connectivity index (χ4n) is 2.42. The van der Waals surface area contributed by atoms with Crippen LogP contribution in [0.2, 0.25) is 5.02 Å². The lowest BCUT2D eigenvalue weighted by Gasteiger charge is -2.12. The average molecular weight is 455 g/mol. The van der Waals surface area contributed by atoms with Gasteiger partial charge < -0.3 is 9.47 Å². The number of rotatable bonds is 4. The molecule has 0 saturated carbocycles. The number of halogens is 2. The molecule has 1 heterocycles. The van der Waals surface area contributed by atoms with Gasteiger partial charge in [0.25, 0.3) is 11.1 Å². The molecule has 5 nitrogen and oxygen atoms in total. The van der Waals surface area contributed by atoms with E-state index in [4.69, 9.17) is 21.1 Å². The topological polar surface area (TPSA) is 55.8 Å². The highest BCUT2D eigenvalue weighted by Gasteiger charge is 2.36. The summed E-state index contributed by atoms with van der Waals surface area (Å²) in [7, 11) is 3.08. The van der Waals surface area contributed by atoms with Crippen LogP contribution in [-0.4, -0.2) is 25.4 Å². The summed E-state index contributed by atoms with van der Waals surface area (Å²) in [5.41, 5.74) is 1.13. The number of anilines is 1. The second kappa shape index (κ2) is 7.73. The summed E-state index contributed by atoms with van der Waals surface area (Å²) in [5, 5.41) is 0.166. The van der Waals surface area contributed by atoms with Crippen LogP contribution in [0.4, 0.5) is 10.5 Å². The number of benzene rings is 2. The van der Waals surface area contributed by atoms with E-state index in [9.17, 15) is 9.59 Å². The molecule has 0 aromatic heterocycles. The number of thioether (sulfide) groups is 1. The number of carbonyl (C=O) groups is 2. The number of hydrogen-bond acceptors (Lipinski definition) is 5. The van der Waals surface area contributed by atoms with Crippen LogP contribution >= 0.6 is 39.3 Å². The normalized spacial score (nSPS) is 15.7. The summed E-state index contributed by atoms with van der Waals surface area (Å²) in [5.74, 6) is 0.743. The molecule has 0 radical (unpaired) electrons. The van der Waals surface area contributed by atoms with Gasteiger partial charge >= 0.3 is 0 Å². The Morgan fingerprint density at radius 3 is 2.35 bits per heavy atom. The molecule has 2 amide bonds. The summed E-state index contributed by atoms with van der Waals surface area (Å²) in [4.78, 5) is 26.5. The Morgan fingerprint density at radius 2 is 1.73 bits per heavy atom. The quantitative estimate of drug-likeness (QED) is 0.582. The molecule has 134 valence electrons. The second-order valence-electron chi connectivity index (χ2n) is 5.22. The van der Waals surface area contributed by atoms with E-state index in [1.807, 2.05) is 0 Å². The monoisotopic (exact) mass is 453 g/mol. The first kappa shape index (κ1) is 18.8. The molecule has 0 spiro atoms. The van der Waals surface area contributed by atoms with E-state index in [0.717, 1.165) is 16.7 Å². The van der Waals surface area contributed by atoms with E-state index in [0.29, 0.717) is 37.2 Å². The van der Waals surface area contributed by atoms with E-state index in [1.165, 1.54) is 7.11 Å². The Kier molecular flexibility index (Phi) is 5.60. The summed E-state index contributed by atoms with van der Waals surface area (Å²) in [6, 6.07) is 10.0. The van der Waals surface area contributed by atoms with Crippen LogP contribution < -0.4 is 14.4 Å². The van der Waals surface area contributed by atoms with Crippen LogP contribution in [0.3, 0.4) is 0 Å². The molecule has 8 heteroatoms. The van der Waals surface area contributed by atoms with Crippen molar-refractivity contribution in [3.63, 3.8) is 0 Å². The molecule has 1 fully saturated rings. The molecule has 2 aromatic carbocycles. The van der Waals surface area contributed by atoms with Crippen molar-refractivity contribution in [2.24, 2.45) is 0 Å². The lowest BCUT2D eigenvalue weighted by Crippen LogP contribution is -2.27. The Hall–Kier alpha value is -1.96. The molecule has 0 bridgehead atoms. The third-order valence-corrected chi connectivity index (χ3v) is 5.41. The van der Waals surface area contributed by atoms with Crippen molar-refractivity contribution in [2.45, 2.75) is 0 Å². The highest BCUT2D eigenvalue weighted by atomic mass is 79.9. The van der Waals surface area contributed by atoms with Gasteiger partial charge in [-0.15, -0.1) is 0 Å². The minimum absolute atomic E-state index is 0.306. The van der Waals surface area contributed by atoms with Crippen molar-refractivity contribution in [3.05, 3.63) is 56.4 Å². The zero-order chi connectivity index (χ0) is 18.8. The van der Waals surface area contributed by atoms with E-state index in [2.05, 4.69) is 15.9 Å². The molecular formula is C18H13BrClNO4S. The SMILES string of the molecule is COc1cc(OC)c(/C=C2\SC(=O)N(c3ccc(Cl)cc3)C2=O)cc1Br. The van der Waals surface area contributed by atoms with Crippen molar-refractivity contribution < 1.29 is 19.1 Å². The highest BCUT2D eigenvalue weighted by Crippen LogP contribution is 2.39. The molecule has 1 aliphatic heterocycles. The largest absolute Gasteiger partial charge is 0.496 e. The Balaban J connectivity index is 1.98.